The molecule has 0 aliphatic carbocycles. The third kappa shape index (κ3) is 3.07. The van der Waals surface area contributed by atoms with Gasteiger partial charge in [0.15, 0.2) is 11.4 Å². The Labute approximate surface area is 150 Å². The first kappa shape index (κ1) is 16.7. The van der Waals surface area contributed by atoms with Crippen LogP contribution in [0.1, 0.15) is 12.8 Å². The zero-order valence-corrected chi connectivity index (χ0v) is 14.7. The van der Waals surface area contributed by atoms with E-state index in [0.29, 0.717) is 12.2 Å². The lowest BCUT2D eigenvalue weighted by atomic mass is 10.0. The lowest BCUT2D eigenvalue weighted by molar-refractivity contribution is 0.467. The average Bonchev–Trinajstić information content (AvgIpc) is 3.10. The highest BCUT2D eigenvalue weighted by molar-refractivity contribution is 7.89. The van der Waals surface area contributed by atoms with Gasteiger partial charge in [-0.25, -0.2) is 23.1 Å². The van der Waals surface area contributed by atoms with Crippen LogP contribution < -0.4 is 9.62 Å². The van der Waals surface area contributed by atoms with Gasteiger partial charge in [-0.1, -0.05) is 0 Å². The van der Waals surface area contributed by atoms with Crippen LogP contribution in [0.15, 0.2) is 24.7 Å². The molecule has 9 nitrogen and oxygen atoms in total. The number of nitriles is 1. The van der Waals surface area contributed by atoms with E-state index >= 15 is 0 Å². The number of piperidine rings is 1. The van der Waals surface area contributed by atoms with E-state index in [0.717, 1.165) is 41.4 Å². The van der Waals surface area contributed by atoms with Crippen LogP contribution in [-0.2, 0) is 10.0 Å². The number of pyridine rings is 1. The van der Waals surface area contributed by atoms with Gasteiger partial charge in [0.2, 0.25) is 10.0 Å². The van der Waals surface area contributed by atoms with Crippen LogP contribution in [0.25, 0.3) is 21.9 Å². The van der Waals surface area contributed by atoms with Crippen LogP contribution in [0.2, 0.25) is 0 Å². The van der Waals surface area contributed by atoms with Crippen molar-refractivity contribution in [1.29, 1.82) is 5.26 Å². The molecule has 1 aliphatic rings. The Morgan fingerprint density at radius 2 is 2.27 bits per heavy atom. The Balaban J connectivity index is 1.69. The van der Waals surface area contributed by atoms with Crippen LogP contribution in [0, 0.1) is 11.3 Å². The van der Waals surface area contributed by atoms with Crippen LogP contribution >= 0.6 is 0 Å². The van der Waals surface area contributed by atoms with Crippen molar-refractivity contribution in [1.82, 2.24) is 24.9 Å². The van der Waals surface area contributed by atoms with Crippen molar-refractivity contribution in [2.24, 2.45) is 0 Å². The van der Waals surface area contributed by atoms with E-state index in [1.165, 1.54) is 0 Å². The molecule has 0 amide bonds. The molecule has 3 aromatic heterocycles. The molecule has 1 aliphatic heterocycles. The van der Waals surface area contributed by atoms with Crippen molar-refractivity contribution < 1.29 is 8.42 Å². The first-order chi connectivity index (χ1) is 12.6. The zero-order valence-electron chi connectivity index (χ0n) is 13.9. The number of aromatic nitrogens is 4. The van der Waals surface area contributed by atoms with E-state index in [2.05, 4.69) is 29.8 Å². The monoisotopic (exact) mass is 371 g/mol. The van der Waals surface area contributed by atoms with E-state index in [9.17, 15) is 8.42 Å². The van der Waals surface area contributed by atoms with Crippen molar-refractivity contribution in [3.8, 4) is 6.07 Å². The molecule has 0 saturated carbocycles. The minimum absolute atomic E-state index is 0.239. The fraction of sp³-hybridized carbons (Fsp3) is 0.375. The van der Waals surface area contributed by atoms with Crippen molar-refractivity contribution in [3.63, 3.8) is 0 Å². The average molecular weight is 371 g/mol. The molecule has 2 N–H and O–H groups in total. The number of nitrogens with zero attached hydrogens (tertiary/aromatic N) is 5. The van der Waals surface area contributed by atoms with E-state index in [1.54, 1.807) is 24.7 Å². The standard InChI is InChI=1S/C16H17N7O2S/c17-4-7-26(24,25)22-11-2-1-6-23(10-11)14-9-20-21-13-8-19-16-12(15(13)14)3-5-18-16/h3,5,8-9,11,21-22H,1-2,6-7,10H2. The van der Waals surface area contributed by atoms with Gasteiger partial charge in [0, 0.05) is 36.1 Å². The first-order valence-electron chi connectivity index (χ1n) is 8.26. The Morgan fingerprint density at radius 1 is 1.38 bits per heavy atom. The Kier molecular flexibility index (Phi) is 4.18. The normalized spacial score (nSPS) is 18.3. The summed E-state index contributed by atoms with van der Waals surface area (Å²) in [6, 6.07) is 3.37. The Bertz CT molecular complexity index is 1100. The number of aromatic amines is 1. The van der Waals surface area contributed by atoms with Gasteiger partial charge >= 0.3 is 0 Å². The lowest BCUT2D eigenvalue weighted by Gasteiger charge is -2.34. The molecule has 1 unspecified atom stereocenters. The largest absolute Gasteiger partial charge is 0.368 e. The Hall–Kier alpha value is -2.77. The van der Waals surface area contributed by atoms with E-state index in [1.807, 2.05) is 6.07 Å². The molecule has 0 aromatic carbocycles. The summed E-state index contributed by atoms with van der Waals surface area (Å²) in [5, 5.41) is 17.7. The number of sulfonamides is 1. The van der Waals surface area contributed by atoms with Gasteiger partial charge in [-0.05, 0) is 18.9 Å². The minimum Gasteiger partial charge on any atom is -0.368 e. The summed E-state index contributed by atoms with van der Waals surface area (Å²) in [6.07, 6.45) is 6.75. The lowest BCUT2D eigenvalue weighted by Crippen LogP contribution is -2.48. The maximum atomic E-state index is 11.9. The summed E-state index contributed by atoms with van der Waals surface area (Å²) < 4.78 is 26.4. The topological polar surface area (TPSA) is 128 Å². The molecule has 0 radical (unpaired) electrons. The van der Waals surface area contributed by atoms with Gasteiger partial charge in [-0.15, -0.1) is 0 Å². The smallest absolute Gasteiger partial charge is 0.225 e. The quantitative estimate of drug-likeness (QED) is 0.698. The predicted molar refractivity (Wildman–Crippen MR) is 97.0 cm³/mol. The molecule has 10 heteroatoms. The first-order valence-corrected chi connectivity index (χ1v) is 9.91. The number of hydrogen-bond acceptors (Lipinski definition) is 7. The second-order valence-electron chi connectivity index (χ2n) is 6.30. The molecule has 3 aromatic rings. The highest BCUT2D eigenvalue weighted by Crippen LogP contribution is 2.31. The number of fused-ring (bicyclic) bond motifs is 3. The molecule has 26 heavy (non-hydrogen) atoms. The van der Waals surface area contributed by atoms with Crippen molar-refractivity contribution in [2.75, 3.05) is 23.7 Å². The summed E-state index contributed by atoms with van der Waals surface area (Å²) in [4.78, 5) is 10.7. The summed E-state index contributed by atoms with van der Waals surface area (Å²) in [5.41, 5.74) is 2.39. The molecular formula is C16H17N7O2S. The third-order valence-electron chi connectivity index (χ3n) is 4.52. The number of hydrogen-bond donors (Lipinski definition) is 2. The van der Waals surface area contributed by atoms with Gasteiger partial charge in [0.1, 0.15) is 0 Å². The van der Waals surface area contributed by atoms with E-state index < -0.39 is 15.8 Å². The number of nitrogens with one attached hydrogen (secondary N) is 2. The zero-order chi connectivity index (χ0) is 18.1. The van der Waals surface area contributed by atoms with Crippen molar-refractivity contribution in [2.45, 2.75) is 18.9 Å². The van der Waals surface area contributed by atoms with Crippen LogP contribution in [0.3, 0.4) is 0 Å². The highest BCUT2D eigenvalue weighted by atomic mass is 32.2. The summed E-state index contributed by atoms with van der Waals surface area (Å²) in [6.45, 7) is 1.32. The molecular weight excluding hydrogens is 354 g/mol. The van der Waals surface area contributed by atoms with Gasteiger partial charge in [-0.3, -0.25) is 5.10 Å². The molecule has 4 heterocycles. The number of H-pyrrole nitrogens is 1. The molecule has 1 saturated heterocycles. The minimum atomic E-state index is -3.58. The molecule has 1 fully saturated rings. The number of rotatable bonds is 4. The van der Waals surface area contributed by atoms with Gasteiger partial charge in [-0.2, -0.15) is 10.4 Å². The molecule has 1 atom stereocenters. The van der Waals surface area contributed by atoms with Gasteiger partial charge in [0.05, 0.1) is 29.7 Å². The maximum Gasteiger partial charge on any atom is 0.225 e. The van der Waals surface area contributed by atoms with Gasteiger partial charge < -0.3 is 4.90 Å². The van der Waals surface area contributed by atoms with Crippen molar-refractivity contribution in [3.05, 3.63) is 24.7 Å². The van der Waals surface area contributed by atoms with E-state index in [-0.39, 0.29) is 6.04 Å². The van der Waals surface area contributed by atoms with Crippen LogP contribution in [0.5, 0.6) is 0 Å². The Morgan fingerprint density at radius 3 is 3.12 bits per heavy atom. The molecule has 4 rings (SSSR count). The van der Waals surface area contributed by atoms with Gasteiger partial charge in [0.25, 0.3) is 0 Å². The SMILES string of the molecule is N#CCS(=O)(=O)NC1CCCN(c2cn[nH]c3cnc4nccc4c23)C1. The summed E-state index contributed by atoms with van der Waals surface area (Å²) >= 11 is 0. The fourth-order valence-electron chi connectivity index (χ4n) is 3.46. The second kappa shape index (κ2) is 6.51. The number of anilines is 1. The molecule has 0 spiro atoms. The maximum absolute atomic E-state index is 11.9. The highest BCUT2D eigenvalue weighted by Gasteiger charge is 2.26. The van der Waals surface area contributed by atoms with Crippen LogP contribution in [-0.4, -0.2) is 53.5 Å². The van der Waals surface area contributed by atoms with Crippen molar-refractivity contribution >= 4 is 37.6 Å². The third-order valence-corrected chi connectivity index (χ3v) is 5.73. The summed E-state index contributed by atoms with van der Waals surface area (Å²) in [7, 11) is -3.58. The van der Waals surface area contributed by atoms with E-state index in [4.69, 9.17) is 5.26 Å². The second-order valence-corrected chi connectivity index (χ2v) is 8.06. The fourth-order valence-corrected chi connectivity index (χ4v) is 4.41. The molecule has 0 bridgehead atoms. The summed E-state index contributed by atoms with van der Waals surface area (Å²) in [5.74, 6) is -0.528. The molecule has 134 valence electrons. The predicted octanol–water partition coefficient (Wildman–Crippen LogP) is 0.918. The van der Waals surface area contributed by atoms with Crippen LogP contribution in [0.4, 0.5) is 5.69 Å².